The van der Waals surface area contributed by atoms with Gasteiger partial charge in [0.05, 0.1) is 18.7 Å². The number of imidazole rings is 1. The number of benzene rings is 1. The molecule has 0 spiro atoms. The lowest BCUT2D eigenvalue weighted by atomic mass is 9.99. The van der Waals surface area contributed by atoms with E-state index in [0.717, 1.165) is 37.6 Å². The lowest BCUT2D eigenvalue weighted by Crippen LogP contribution is -2.36. The third kappa shape index (κ3) is 2.83. The number of piperidine rings is 1. The van der Waals surface area contributed by atoms with Gasteiger partial charge in [-0.05, 0) is 37.4 Å². The lowest BCUT2D eigenvalue weighted by molar-refractivity contribution is 0.0863. The Kier molecular flexibility index (Phi) is 3.98. The van der Waals surface area contributed by atoms with Crippen LogP contribution in [0, 0.1) is 11.7 Å². The Hall–Kier alpha value is -1.46. The fourth-order valence-corrected chi connectivity index (χ4v) is 3.00. The van der Waals surface area contributed by atoms with Crippen LogP contribution in [0.1, 0.15) is 18.7 Å². The summed E-state index contributed by atoms with van der Waals surface area (Å²) >= 11 is 0. The Morgan fingerprint density at radius 2 is 2.40 bits per heavy atom. The van der Waals surface area contributed by atoms with Crippen molar-refractivity contribution in [2.45, 2.75) is 19.4 Å². The Morgan fingerprint density at radius 1 is 1.50 bits per heavy atom. The van der Waals surface area contributed by atoms with Crippen molar-refractivity contribution in [2.75, 3.05) is 26.8 Å². The number of aromatic nitrogens is 2. The maximum Gasteiger partial charge on any atom is 0.151 e. The summed E-state index contributed by atoms with van der Waals surface area (Å²) in [5.41, 5.74) is 1.21. The Labute approximate surface area is 117 Å². The van der Waals surface area contributed by atoms with Gasteiger partial charge < -0.3 is 9.72 Å². The number of nitrogens with zero attached hydrogens (tertiary/aromatic N) is 2. The molecule has 1 saturated heterocycles. The van der Waals surface area contributed by atoms with Gasteiger partial charge in [0, 0.05) is 13.7 Å². The summed E-state index contributed by atoms with van der Waals surface area (Å²) in [5, 5.41) is 0. The van der Waals surface area contributed by atoms with Crippen molar-refractivity contribution >= 4 is 11.0 Å². The molecule has 0 saturated carbocycles. The van der Waals surface area contributed by atoms with E-state index in [0.29, 0.717) is 11.4 Å². The van der Waals surface area contributed by atoms with Crippen LogP contribution in [-0.4, -0.2) is 41.7 Å². The van der Waals surface area contributed by atoms with E-state index in [-0.39, 0.29) is 5.82 Å². The molecule has 2 heterocycles. The van der Waals surface area contributed by atoms with E-state index in [4.69, 9.17) is 4.74 Å². The van der Waals surface area contributed by atoms with Gasteiger partial charge in [-0.3, -0.25) is 4.90 Å². The zero-order valence-electron chi connectivity index (χ0n) is 11.7. The predicted octanol–water partition coefficient (Wildman–Crippen LogP) is 2.56. The number of ether oxygens (including phenoxy) is 1. The number of H-pyrrole nitrogens is 1. The second kappa shape index (κ2) is 5.89. The van der Waals surface area contributed by atoms with Gasteiger partial charge in [0.15, 0.2) is 5.82 Å². The summed E-state index contributed by atoms with van der Waals surface area (Å²) in [6.45, 7) is 3.65. The molecular formula is C15H20FN3O. The van der Waals surface area contributed by atoms with Crippen LogP contribution < -0.4 is 0 Å². The van der Waals surface area contributed by atoms with Crippen LogP contribution in [0.15, 0.2) is 18.2 Å². The standard InChI is InChI=1S/C15H20FN3O/c1-20-10-11-4-3-7-19(8-11)9-14-17-13-6-2-5-12(16)15(13)18-14/h2,5-6,11H,3-4,7-10H2,1H3,(H,17,18)/t11-/m1/s1. The third-order valence-electron chi connectivity index (χ3n) is 3.89. The summed E-state index contributed by atoms with van der Waals surface area (Å²) in [4.78, 5) is 9.94. The lowest BCUT2D eigenvalue weighted by Gasteiger charge is -2.31. The van der Waals surface area contributed by atoms with Gasteiger partial charge in [-0.15, -0.1) is 0 Å². The minimum atomic E-state index is -0.263. The molecule has 1 atom stereocenters. The van der Waals surface area contributed by atoms with Gasteiger partial charge in [-0.1, -0.05) is 6.07 Å². The summed E-state index contributed by atoms with van der Waals surface area (Å²) < 4.78 is 18.9. The van der Waals surface area contributed by atoms with Gasteiger partial charge in [0.1, 0.15) is 11.3 Å². The molecule has 1 N–H and O–H groups in total. The molecule has 0 amide bonds. The van der Waals surface area contributed by atoms with E-state index in [1.165, 1.54) is 18.9 Å². The summed E-state index contributed by atoms with van der Waals surface area (Å²) in [5.74, 6) is 1.17. The number of hydrogen-bond acceptors (Lipinski definition) is 3. The summed E-state index contributed by atoms with van der Waals surface area (Å²) in [6, 6.07) is 5.01. The molecule has 5 heteroatoms. The highest BCUT2D eigenvalue weighted by Crippen LogP contribution is 2.20. The molecule has 1 fully saturated rings. The average Bonchev–Trinajstić information content (AvgIpc) is 2.83. The quantitative estimate of drug-likeness (QED) is 0.934. The fraction of sp³-hybridized carbons (Fsp3) is 0.533. The minimum Gasteiger partial charge on any atom is -0.384 e. The molecule has 1 aromatic heterocycles. The first kappa shape index (κ1) is 13.5. The number of para-hydroxylation sites is 1. The molecule has 4 nitrogen and oxygen atoms in total. The van der Waals surface area contributed by atoms with Gasteiger partial charge in [-0.2, -0.15) is 0 Å². The van der Waals surface area contributed by atoms with Gasteiger partial charge in [0.2, 0.25) is 0 Å². The van der Waals surface area contributed by atoms with Crippen LogP contribution >= 0.6 is 0 Å². The number of likely N-dealkylation sites (tertiary alicyclic amines) is 1. The fourth-order valence-electron chi connectivity index (χ4n) is 3.00. The monoisotopic (exact) mass is 277 g/mol. The van der Waals surface area contributed by atoms with Crippen LogP contribution in [0.4, 0.5) is 4.39 Å². The van der Waals surface area contributed by atoms with E-state index < -0.39 is 0 Å². The van der Waals surface area contributed by atoms with E-state index >= 15 is 0 Å². The van der Waals surface area contributed by atoms with Crippen molar-refractivity contribution in [3.05, 3.63) is 29.8 Å². The topological polar surface area (TPSA) is 41.1 Å². The van der Waals surface area contributed by atoms with Crippen molar-refractivity contribution in [3.8, 4) is 0 Å². The van der Waals surface area contributed by atoms with Crippen LogP contribution in [0.25, 0.3) is 11.0 Å². The van der Waals surface area contributed by atoms with Crippen molar-refractivity contribution < 1.29 is 9.13 Å². The number of halogens is 1. The molecular weight excluding hydrogens is 257 g/mol. The molecule has 1 aliphatic rings. The Morgan fingerprint density at radius 3 is 3.20 bits per heavy atom. The maximum atomic E-state index is 13.6. The summed E-state index contributed by atoms with van der Waals surface area (Å²) in [6.07, 6.45) is 2.40. The third-order valence-corrected chi connectivity index (χ3v) is 3.89. The predicted molar refractivity (Wildman–Crippen MR) is 75.9 cm³/mol. The zero-order valence-corrected chi connectivity index (χ0v) is 11.7. The second-order valence-electron chi connectivity index (χ2n) is 5.52. The average molecular weight is 277 g/mol. The largest absolute Gasteiger partial charge is 0.384 e. The highest BCUT2D eigenvalue weighted by Gasteiger charge is 2.20. The molecule has 1 aliphatic heterocycles. The molecule has 0 radical (unpaired) electrons. The number of rotatable bonds is 4. The second-order valence-corrected chi connectivity index (χ2v) is 5.52. The molecule has 2 aromatic rings. The molecule has 0 bridgehead atoms. The molecule has 1 aromatic carbocycles. The number of hydrogen-bond donors (Lipinski definition) is 1. The molecule has 0 aliphatic carbocycles. The van der Waals surface area contributed by atoms with Crippen LogP contribution in [0.2, 0.25) is 0 Å². The van der Waals surface area contributed by atoms with Crippen molar-refractivity contribution in [2.24, 2.45) is 5.92 Å². The molecule has 20 heavy (non-hydrogen) atoms. The van der Waals surface area contributed by atoms with E-state index in [1.54, 1.807) is 13.2 Å². The van der Waals surface area contributed by atoms with Crippen LogP contribution in [0.5, 0.6) is 0 Å². The van der Waals surface area contributed by atoms with Gasteiger partial charge in [-0.25, -0.2) is 9.37 Å². The first-order chi connectivity index (χ1) is 9.76. The zero-order chi connectivity index (χ0) is 13.9. The Balaban J connectivity index is 1.71. The maximum absolute atomic E-state index is 13.6. The van der Waals surface area contributed by atoms with E-state index in [1.807, 2.05) is 6.07 Å². The number of methoxy groups -OCH3 is 1. The molecule has 3 rings (SSSR count). The van der Waals surface area contributed by atoms with Crippen LogP contribution in [0.3, 0.4) is 0 Å². The minimum absolute atomic E-state index is 0.263. The van der Waals surface area contributed by atoms with Gasteiger partial charge >= 0.3 is 0 Å². The van der Waals surface area contributed by atoms with Crippen molar-refractivity contribution in [1.82, 2.24) is 14.9 Å². The van der Waals surface area contributed by atoms with E-state index in [9.17, 15) is 4.39 Å². The van der Waals surface area contributed by atoms with Crippen molar-refractivity contribution in [3.63, 3.8) is 0 Å². The number of nitrogens with one attached hydrogen (secondary N) is 1. The van der Waals surface area contributed by atoms with E-state index in [2.05, 4.69) is 14.9 Å². The summed E-state index contributed by atoms with van der Waals surface area (Å²) in [7, 11) is 1.75. The highest BCUT2D eigenvalue weighted by molar-refractivity contribution is 5.75. The first-order valence-electron chi connectivity index (χ1n) is 7.10. The van der Waals surface area contributed by atoms with Gasteiger partial charge in [0.25, 0.3) is 0 Å². The normalized spacial score (nSPS) is 20.6. The molecule has 0 unspecified atom stereocenters. The number of aromatic amines is 1. The SMILES string of the molecule is COC[C@@H]1CCCN(Cc2nc3c(F)cccc3[nH]2)C1. The van der Waals surface area contributed by atoms with Crippen LogP contribution in [-0.2, 0) is 11.3 Å². The van der Waals surface area contributed by atoms with Crippen molar-refractivity contribution in [1.29, 1.82) is 0 Å². The Bertz CT molecular complexity index is 582. The highest BCUT2D eigenvalue weighted by atomic mass is 19.1. The first-order valence-corrected chi connectivity index (χ1v) is 7.10. The molecule has 108 valence electrons. The number of fused-ring (bicyclic) bond motifs is 1. The smallest absolute Gasteiger partial charge is 0.151 e.